The smallest absolute Gasteiger partial charge is 0.302 e. The lowest BCUT2D eigenvalue weighted by Gasteiger charge is -2.30. The van der Waals surface area contributed by atoms with Crippen LogP contribution in [-0.2, 0) is 19.1 Å². The van der Waals surface area contributed by atoms with Crippen molar-refractivity contribution in [2.45, 2.75) is 32.2 Å². The Morgan fingerprint density at radius 2 is 1.64 bits per heavy atom. The van der Waals surface area contributed by atoms with Gasteiger partial charge in [-0.2, -0.15) is 0 Å². The molecule has 1 rings (SSSR count). The molecule has 1 heterocycles. The highest BCUT2D eigenvalue weighted by atomic mass is 16.5. The molecule has 0 saturated carbocycles. The lowest BCUT2D eigenvalue weighted by Crippen LogP contribution is -2.46. The van der Waals surface area contributed by atoms with E-state index in [-0.39, 0.29) is 23.8 Å². The predicted molar refractivity (Wildman–Crippen MR) is 112 cm³/mol. The van der Waals surface area contributed by atoms with Gasteiger partial charge in [0.2, 0.25) is 11.8 Å². The molecule has 2 amide bonds. The molecule has 9 nitrogen and oxygen atoms in total. The number of amides is 2. The molecule has 1 aliphatic heterocycles. The Morgan fingerprint density at radius 1 is 1.04 bits per heavy atom. The minimum absolute atomic E-state index is 0.0509. The number of esters is 1. The Bertz CT molecular complexity index is 444. The van der Waals surface area contributed by atoms with Crippen molar-refractivity contribution in [2.75, 3.05) is 75.6 Å². The first-order chi connectivity index (χ1) is 13.0. The van der Waals surface area contributed by atoms with Gasteiger partial charge in [-0.25, -0.2) is 0 Å². The van der Waals surface area contributed by atoms with Crippen molar-refractivity contribution in [3.63, 3.8) is 0 Å². The largest absolute Gasteiger partial charge is 0.465 e. The van der Waals surface area contributed by atoms with Gasteiger partial charge in [0.25, 0.3) is 0 Å². The summed E-state index contributed by atoms with van der Waals surface area (Å²) in [6.45, 7) is 4.21. The molecule has 9 heteroatoms. The molecule has 1 fully saturated rings. The third kappa shape index (κ3) is 17.7. The molecule has 1 atom stereocenters. The van der Waals surface area contributed by atoms with Crippen LogP contribution in [0.25, 0.3) is 0 Å². The van der Waals surface area contributed by atoms with Crippen LogP contribution in [0.2, 0.25) is 0 Å². The maximum absolute atomic E-state index is 11.2. The number of nitrogens with one attached hydrogen (secondary N) is 2. The SMILES string of the molecule is CC(=O)OCCN(C)C.CNC(=O)C1CCCCN1C.CNC(=O)CN(C)C. The number of carbonyl (C=O) groups is 3. The van der Waals surface area contributed by atoms with Crippen LogP contribution in [0.1, 0.15) is 26.2 Å². The minimum Gasteiger partial charge on any atom is -0.465 e. The van der Waals surface area contributed by atoms with E-state index < -0.39 is 0 Å². The van der Waals surface area contributed by atoms with Crippen LogP contribution in [0.3, 0.4) is 0 Å². The van der Waals surface area contributed by atoms with Crippen molar-refractivity contribution in [3.05, 3.63) is 0 Å². The molecule has 28 heavy (non-hydrogen) atoms. The van der Waals surface area contributed by atoms with E-state index in [2.05, 4.69) is 20.3 Å². The van der Waals surface area contributed by atoms with Crippen LogP contribution < -0.4 is 10.6 Å². The summed E-state index contributed by atoms with van der Waals surface area (Å²) in [6.07, 6.45) is 3.42. The van der Waals surface area contributed by atoms with Crippen molar-refractivity contribution in [1.82, 2.24) is 25.3 Å². The first-order valence-electron chi connectivity index (χ1n) is 9.60. The molecule has 166 valence electrons. The number of rotatable bonds is 6. The predicted octanol–water partition coefficient (Wildman–Crippen LogP) is -0.378. The topological polar surface area (TPSA) is 94.2 Å². The number of piperidine rings is 1. The van der Waals surface area contributed by atoms with E-state index in [1.165, 1.54) is 19.8 Å². The van der Waals surface area contributed by atoms with Crippen LogP contribution in [0.5, 0.6) is 0 Å². The second-order valence-corrected chi connectivity index (χ2v) is 7.16. The molecule has 1 aliphatic rings. The minimum atomic E-state index is -0.211. The highest BCUT2D eigenvalue weighted by Gasteiger charge is 2.24. The molecule has 1 saturated heterocycles. The highest BCUT2D eigenvalue weighted by Crippen LogP contribution is 2.14. The monoisotopic (exact) mass is 403 g/mol. The Morgan fingerprint density at radius 3 is 2.00 bits per heavy atom. The zero-order valence-electron chi connectivity index (χ0n) is 19.0. The molecule has 0 aliphatic carbocycles. The van der Waals surface area contributed by atoms with Gasteiger partial charge in [-0.3, -0.25) is 19.3 Å². The van der Waals surface area contributed by atoms with Gasteiger partial charge in [-0.1, -0.05) is 6.42 Å². The van der Waals surface area contributed by atoms with Gasteiger partial charge in [-0.05, 0) is 54.6 Å². The molecule has 0 spiro atoms. The number of hydrogen-bond donors (Lipinski definition) is 2. The number of hydrogen-bond acceptors (Lipinski definition) is 7. The summed E-state index contributed by atoms with van der Waals surface area (Å²) in [6, 6.07) is 0.119. The van der Waals surface area contributed by atoms with E-state index in [9.17, 15) is 14.4 Å². The maximum atomic E-state index is 11.2. The molecular weight excluding hydrogens is 362 g/mol. The highest BCUT2D eigenvalue weighted by molar-refractivity contribution is 5.81. The summed E-state index contributed by atoms with van der Waals surface area (Å²) in [5, 5.41) is 5.20. The summed E-state index contributed by atoms with van der Waals surface area (Å²) in [4.78, 5) is 37.8. The van der Waals surface area contributed by atoms with E-state index in [0.717, 1.165) is 19.5 Å². The number of ether oxygens (including phenoxy) is 1. The van der Waals surface area contributed by atoms with Gasteiger partial charge in [0, 0.05) is 27.6 Å². The fourth-order valence-electron chi connectivity index (χ4n) is 2.31. The lowest BCUT2D eigenvalue weighted by molar-refractivity contribution is -0.141. The maximum Gasteiger partial charge on any atom is 0.302 e. The Hall–Kier alpha value is -1.71. The number of carbonyl (C=O) groups excluding carboxylic acids is 3. The van der Waals surface area contributed by atoms with Crippen LogP contribution >= 0.6 is 0 Å². The average molecular weight is 404 g/mol. The Kier molecular flexibility index (Phi) is 17.7. The molecule has 0 radical (unpaired) electrons. The second-order valence-electron chi connectivity index (χ2n) is 7.16. The molecule has 2 N–H and O–H groups in total. The van der Waals surface area contributed by atoms with Crippen molar-refractivity contribution >= 4 is 17.8 Å². The molecule has 0 aromatic rings. The van der Waals surface area contributed by atoms with Gasteiger partial charge >= 0.3 is 5.97 Å². The quantitative estimate of drug-likeness (QED) is 0.584. The number of likely N-dealkylation sites (tertiary alicyclic amines) is 1. The summed E-state index contributed by atoms with van der Waals surface area (Å²) < 4.78 is 4.67. The van der Waals surface area contributed by atoms with Crippen LogP contribution in [0, 0.1) is 0 Å². The number of likely N-dealkylation sites (N-methyl/N-ethyl adjacent to an activating group) is 5. The molecule has 1 unspecified atom stereocenters. The van der Waals surface area contributed by atoms with Crippen LogP contribution in [-0.4, -0.2) is 114 Å². The third-order valence-corrected chi connectivity index (χ3v) is 3.90. The van der Waals surface area contributed by atoms with E-state index in [0.29, 0.717) is 13.2 Å². The van der Waals surface area contributed by atoms with Crippen molar-refractivity contribution < 1.29 is 19.1 Å². The fourth-order valence-corrected chi connectivity index (χ4v) is 2.31. The van der Waals surface area contributed by atoms with E-state index in [4.69, 9.17) is 0 Å². The summed E-state index contributed by atoms with van der Waals surface area (Å²) in [5.41, 5.74) is 0. The van der Waals surface area contributed by atoms with Gasteiger partial charge in [0.05, 0.1) is 12.6 Å². The van der Waals surface area contributed by atoms with E-state index >= 15 is 0 Å². The summed E-state index contributed by atoms with van der Waals surface area (Å²) >= 11 is 0. The van der Waals surface area contributed by atoms with E-state index in [1.807, 2.05) is 45.0 Å². The Balaban J connectivity index is 0. The third-order valence-electron chi connectivity index (χ3n) is 3.90. The Labute approximate surface area is 170 Å². The first kappa shape index (κ1) is 28.5. The zero-order valence-corrected chi connectivity index (χ0v) is 19.0. The van der Waals surface area contributed by atoms with Crippen molar-refractivity contribution in [1.29, 1.82) is 0 Å². The lowest BCUT2D eigenvalue weighted by atomic mass is 10.0. The van der Waals surface area contributed by atoms with Gasteiger partial charge in [-0.15, -0.1) is 0 Å². The van der Waals surface area contributed by atoms with Crippen molar-refractivity contribution in [3.8, 4) is 0 Å². The summed E-state index contributed by atoms with van der Waals surface area (Å²) in [7, 11) is 12.9. The summed E-state index contributed by atoms with van der Waals surface area (Å²) in [5.74, 6) is -0.000880. The normalized spacial score (nSPS) is 16.3. The molecule has 0 bridgehead atoms. The van der Waals surface area contributed by atoms with Crippen LogP contribution in [0.15, 0.2) is 0 Å². The van der Waals surface area contributed by atoms with Gasteiger partial charge < -0.3 is 25.2 Å². The average Bonchev–Trinajstić information content (AvgIpc) is 2.61. The van der Waals surface area contributed by atoms with Gasteiger partial charge in [0.1, 0.15) is 6.61 Å². The van der Waals surface area contributed by atoms with Crippen LogP contribution in [0.4, 0.5) is 0 Å². The van der Waals surface area contributed by atoms with E-state index in [1.54, 1.807) is 14.1 Å². The first-order valence-corrected chi connectivity index (χ1v) is 9.60. The van der Waals surface area contributed by atoms with Crippen molar-refractivity contribution in [2.24, 2.45) is 0 Å². The zero-order chi connectivity index (χ0) is 22.1. The second kappa shape index (κ2) is 17.4. The number of nitrogens with zero attached hydrogens (tertiary/aromatic N) is 3. The standard InChI is InChI=1S/C8H16N2O.C6H13NO2.C5H12N2O/c1-9-8(11)7-5-3-4-6-10(7)2;1-6(8)9-5-4-7(2)3;1-6-5(8)4-7(2)3/h7H,3-6H2,1-2H3,(H,9,11);4-5H2,1-3H3;4H2,1-3H3,(H,6,8). The molecular formula is C19H41N5O4. The fraction of sp³-hybridized carbons (Fsp3) is 0.842. The molecule has 0 aromatic carbocycles. The van der Waals surface area contributed by atoms with Gasteiger partial charge in [0.15, 0.2) is 0 Å². The molecule has 0 aromatic heterocycles.